The maximum atomic E-state index is 11.9. The fraction of sp³-hybridized carbons (Fsp3) is 0.235. The van der Waals surface area contributed by atoms with E-state index in [0.717, 1.165) is 0 Å². The van der Waals surface area contributed by atoms with Gasteiger partial charge in [-0.1, -0.05) is 23.2 Å². The van der Waals surface area contributed by atoms with E-state index in [1.165, 1.54) is 6.20 Å². The van der Waals surface area contributed by atoms with Crippen molar-refractivity contribution < 1.29 is 14.0 Å². The number of primary amides is 1. The van der Waals surface area contributed by atoms with Crippen LogP contribution in [0.5, 0.6) is 0 Å². The standard InChI is InChI=1S/C17H15Cl2N3O3/c1-2-3-13(17(20)24)22-15(23)6-7-16-21-9-14(25-16)11-5-4-10(18)8-12(11)19/h1,4-5,8-9,13H,3,6-7H2,(H2,20,24)(H,22,23)/t13-/m0/s1. The van der Waals surface area contributed by atoms with E-state index < -0.39 is 11.9 Å². The average Bonchev–Trinajstić information content (AvgIpc) is 3.01. The number of terminal acetylenes is 1. The third-order valence-corrected chi connectivity index (χ3v) is 3.86. The number of halogens is 2. The van der Waals surface area contributed by atoms with Gasteiger partial charge in [-0.05, 0) is 18.2 Å². The molecule has 0 aliphatic carbocycles. The molecule has 0 fully saturated rings. The predicted octanol–water partition coefficient (Wildman–Crippen LogP) is 2.57. The molecule has 0 unspecified atom stereocenters. The van der Waals surface area contributed by atoms with Crippen molar-refractivity contribution in [3.8, 4) is 23.7 Å². The highest BCUT2D eigenvalue weighted by molar-refractivity contribution is 6.36. The van der Waals surface area contributed by atoms with Crippen molar-refractivity contribution in [2.45, 2.75) is 25.3 Å². The lowest BCUT2D eigenvalue weighted by Gasteiger charge is -2.12. The number of carbonyl (C=O) groups is 2. The molecule has 0 saturated heterocycles. The molecule has 0 bridgehead atoms. The summed E-state index contributed by atoms with van der Waals surface area (Å²) in [5.74, 6) is 2.08. The molecule has 6 nitrogen and oxygen atoms in total. The molecule has 2 amide bonds. The van der Waals surface area contributed by atoms with Gasteiger partial charge < -0.3 is 15.5 Å². The number of benzene rings is 1. The number of hydrogen-bond donors (Lipinski definition) is 2. The van der Waals surface area contributed by atoms with Crippen LogP contribution in [0, 0.1) is 12.3 Å². The summed E-state index contributed by atoms with van der Waals surface area (Å²) in [5.41, 5.74) is 5.82. The van der Waals surface area contributed by atoms with E-state index in [-0.39, 0.29) is 25.2 Å². The number of nitrogens with two attached hydrogens (primary N) is 1. The van der Waals surface area contributed by atoms with Crippen LogP contribution in [0.3, 0.4) is 0 Å². The lowest BCUT2D eigenvalue weighted by molar-refractivity contribution is -0.127. The van der Waals surface area contributed by atoms with Crippen molar-refractivity contribution in [2.24, 2.45) is 5.73 Å². The van der Waals surface area contributed by atoms with Gasteiger partial charge in [0, 0.05) is 29.8 Å². The van der Waals surface area contributed by atoms with Gasteiger partial charge in [-0.15, -0.1) is 12.3 Å². The summed E-state index contributed by atoms with van der Waals surface area (Å²) in [6.07, 6.45) is 7.02. The molecule has 0 aliphatic rings. The van der Waals surface area contributed by atoms with Crippen molar-refractivity contribution in [3.63, 3.8) is 0 Å². The Kier molecular flexibility index (Phi) is 6.45. The number of aryl methyl sites for hydroxylation is 1. The summed E-state index contributed by atoms with van der Waals surface area (Å²) < 4.78 is 5.60. The maximum Gasteiger partial charge on any atom is 0.240 e. The number of nitrogens with zero attached hydrogens (tertiary/aromatic N) is 1. The second-order valence-corrected chi connectivity index (χ2v) is 6.02. The summed E-state index contributed by atoms with van der Waals surface area (Å²) in [5, 5.41) is 3.43. The molecule has 1 heterocycles. The second kappa shape index (κ2) is 8.56. The number of hydrogen-bond acceptors (Lipinski definition) is 4. The number of aromatic nitrogens is 1. The lowest BCUT2D eigenvalue weighted by Crippen LogP contribution is -2.44. The van der Waals surface area contributed by atoms with Gasteiger partial charge in [0.15, 0.2) is 11.7 Å². The van der Waals surface area contributed by atoms with Gasteiger partial charge in [-0.2, -0.15) is 0 Å². The number of amides is 2. The van der Waals surface area contributed by atoms with Crippen LogP contribution in [0.4, 0.5) is 0 Å². The van der Waals surface area contributed by atoms with Gasteiger partial charge in [0.2, 0.25) is 11.8 Å². The van der Waals surface area contributed by atoms with Crippen LogP contribution in [0.1, 0.15) is 18.7 Å². The van der Waals surface area contributed by atoms with Crippen LogP contribution in [-0.4, -0.2) is 22.8 Å². The van der Waals surface area contributed by atoms with Gasteiger partial charge in [0.25, 0.3) is 0 Å². The van der Waals surface area contributed by atoms with Crippen molar-refractivity contribution in [2.75, 3.05) is 0 Å². The van der Waals surface area contributed by atoms with Gasteiger partial charge >= 0.3 is 0 Å². The van der Waals surface area contributed by atoms with E-state index in [0.29, 0.717) is 27.3 Å². The van der Waals surface area contributed by atoms with E-state index in [4.69, 9.17) is 39.8 Å². The van der Waals surface area contributed by atoms with Gasteiger partial charge in [-0.25, -0.2) is 4.98 Å². The number of nitrogens with one attached hydrogen (secondary N) is 1. The minimum absolute atomic E-state index is 0.0410. The van der Waals surface area contributed by atoms with Gasteiger partial charge in [0.05, 0.1) is 11.2 Å². The number of oxazole rings is 1. The number of rotatable bonds is 7. The fourth-order valence-corrected chi connectivity index (χ4v) is 2.57. The molecule has 0 aliphatic heterocycles. The predicted molar refractivity (Wildman–Crippen MR) is 94.9 cm³/mol. The Bertz CT molecular complexity index is 827. The first-order valence-corrected chi connectivity index (χ1v) is 8.08. The van der Waals surface area contributed by atoms with Gasteiger partial charge in [-0.3, -0.25) is 9.59 Å². The highest BCUT2D eigenvalue weighted by atomic mass is 35.5. The topological polar surface area (TPSA) is 98.2 Å². The zero-order chi connectivity index (χ0) is 18.4. The molecule has 1 aromatic carbocycles. The highest BCUT2D eigenvalue weighted by Crippen LogP contribution is 2.30. The van der Waals surface area contributed by atoms with Crippen LogP contribution < -0.4 is 11.1 Å². The largest absolute Gasteiger partial charge is 0.441 e. The zero-order valence-electron chi connectivity index (χ0n) is 13.1. The van der Waals surface area contributed by atoms with Crippen molar-refractivity contribution in [3.05, 3.63) is 40.3 Å². The molecule has 0 radical (unpaired) electrons. The Hall–Kier alpha value is -2.49. The number of carbonyl (C=O) groups excluding carboxylic acids is 2. The molecule has 0 spiro atoms. The fourth-order valence-electron chi connectivity index (χ4n) is 2.07. The molecule has 130 valence electrons. The third kappa shape index (κ3) is 5.24. The molecule has 1 aromatic heterocycles. The smallest absolute Gasteiger partial charge is 0.240 e. The molecule has 8 heteroatoms. The van der Waals surface area contributed by atoms with Crippen LogP contribution >= 0.6 is 23.2 Å². The third-order valence-electron chi connectivity index (χ3n) is 3.32. The van der Waals surface area contributed by atoms with Crippen LogP contribution in [0.25, 0.3) is 11.3 Å². The minimum atomic E-state index is -0.884. The Labute approximate surface area is 154 Å². The van der Waals surface area contributed by atoms with E-state index in [9.17, 15) is 9.59 Å². The Morgan fingerprint density at radius 3 is 2.80 bits per heavy atom. The first kappa shape index (κ1) is 18.8. The SMILES string of the molecule is C#CC[C@H](NC(=O)CCc1ncc(-c2ccc(Cl)cc2Cl)o1)C(N)=O. The Morgan fingerprint density at radius 2 is 2.16 bits per heavy atom. The van der Waals surface area contributed by atoms with Crippen molar-refractivity contribution in [1.29, 1.82) is 0 Å². The van der Waals surface area contributed by atoms with E-state index in [1.807, 2.05) is 0 Å². The summed E-state index contributed by atoms with van der Waals surface area (Å²) >= 11 is 12.0. The van der Waals surface area contributed by atoms with Crippen molar-refractivity contribution >= 4 is 35.0 Å². The van der Waals surface area contributed by atoms with Crippen LogP contribution in [0.15, 0.2) is 28.8 Å². The highest BCUT2D eigenvalue weighted by Gasteiger charge is 2.17. The average molecular weight is 380 g/mol. The molecule has 1 atom stereocenters. The molecular weight excluding hydrogens is 365 g/mol. The first-order valence-electron chi connectivity index (χ1n) is 7.33. The summed E-state index contributed by atoms with van der Waals surface area (Å²) in [6, 6.07) is 4.13. The first-order chi connectivity index (χ1) is 11.9. The summed E-state index contributed by atoms with van der Waals surface area (Å²) in [6.45, 7) is 0. The van der Waals surface area contributed by atoms with Crippen LogP contribution in [-0.2, 0) is 16.0 Å². The van der Waals surface area contributed by atoms with Gasteiger partial charge in [0.1, 0.15) is 6.04 Å². The van der Waals surface area contributed by atoms with Crippen molar-refractivity contribution in [1.82, 2.24) is 10.3 Å². The van der Waals surface area contributed by atoms with Crippen LogP contribution in [0.2, 0.25) is 10.0 Å². The molecule has 0 saturated carbocycles. The normalized spacial score (nSPS) is 11.6. The monoisotopic (exact) mass is 379 g/mol. The Morgan fingerprint density at radius 1 is 1.40 bits per heavy atom. The molecule has 25 heavy (non-hydrogen) atoms. The minimum Gasteiger partial charge on any atom is -0.441 e. The zero-order valence-corrected chi connectivity index (χ0v) is 14.6. The van der Waals surface area contributed by atoms with E-state index in [2.05, 4.69) is 16.2 Å². The molecule has 2 aromatic rings. The summed E-state index contributed by atoms with van der Waals surface area (Å²) in [4.78, 5) is 27.2. The quantitative estimate of drug-likeness (QED) is 0.722. The Balaban J connectivity index is 1.96. The summed E-state index contributed by atoms with van der Waals surface area (Å²) in [7, 11) is 0. The van der Waals surface area contributed by atoms with E-state index in [1.54, 1.807) is 18.2 Å². The molecule has 2 rings (SSSR count). The second-order valence-electron chi connectivity index (χ2n) is 5.17. The molecule has 3 N–H and O–H groups in total. The molecular formula is C17H15Cl2N3O3. The van der Waals surface area contributed by atoms with E-state index >= 15 is 0 Å². The lowest BCUT2D eigenvalue weighted by atomic mass is 10.2. The maximum absolute atomic E-state index is 11.9.